The molecule has 0 spiro atoms. The minimum atomic E-state index is 0.00248. The van der Waals surface area contributed by atoms with Gasteiger partial charge in [0.25, 0.3) is 0 Å². The van der Waals surface area contributed by atoms with Crippen molar-refractivity contribution in [1.82, 2.24) is 9.13 Å². The van der Waals surface area contributed by atoms with Crippen molar-refractivity contribution in [1.29, 1.82) is 0 Å². The standard InChI is InChI=1S/C55H34N4O/c60-55-53-49(58-43-26-11-7-22-39(43)40-23-8-12-27-44(40)58)32-30-47-51(53)52-48(31-33-50(54(52)55)59-45-28-13-9-24-41(45)42-25-10-14-29-46(42)59)57(36-18-5-2-6-19-36)38-21-15-20-37(34-38)56(47)35-16-3-1-4-17-35/h1-34H. The zero-order valence-electron chi connectivity index (χ0n) is 32.3. The highest BCUT2D eigenvalue weighted by atomic mass is 16.1. The Morgan fingerprint density at radius 1 is 0.267 bits per heavy atom. The summed E-state index contributed by atoms with van der Waals surface area (Å²) >= 11 is 0. The summed E-state index contributed by atoms with van der Waals surface area (Å²) in [5.41, 5.74) is 15.1. The van der Waals surface area contributed by atoms with Crippen molar-refractivity contribution in [3.63, 3.8) is 0 Å². The van der Waals surface area contributed by atoms with Gasteiger partial charge in [-0.05, 0) is 91.0 Å². The third-order valence-electron chi connectivity index (χ3n) is 12.5. The first-order valence-corrected chi connectivity index (χ1v) is 20.4. The average molecular weight is 767 g/mol. The summed E-state index contributed by atoms with van der Waals surface area (Å²) in [5.74, 6) is 0.00248. The number of carbonyl (C=O) groups is 1. The molecule has 0 fully saturated rings. The number of ketones is 1. The molecule has 1 aliphatic carbocycles. The van der Waals surface area contributed by atoms with Crippen LogP contribution in [0.5, 0.6) is 0 Å². The van der Waals surface area contributed by atoms with Gasteiger partial charge in [-0.15, -0.1) is 0 Å². The van der Waals surface area contributed by atoms with Crippen molar-refractivity contribution in [2.45, 2.75) is 0 Å². The monoisotopic (exact) mass is 766 g/mol. The maximum absolute atomic E-state index is 16.3. The Kier molecular flexibility index (Phi) is 6.81. The van der Waals surface area contributed by atoms with E-state index in [4.69, 9.17) is 0 Å². The fourth-order valence-corrected chi connectivity index (χ4v) is 10.1. The van der Waals surface area contributed by atoms with Gasteiger partial charge in [-0.3, -0.25) is 4.79 Å². The molecule has 9 aromatic carbocycles. The van der Waals surface area contributed by atoms with Crippen LogP contribution in [0.4, 0.5) is 34.1 Å². The van der Waals surface area contributed by atoms with E-state index in [1.54, 1.807) is 0 Å². The maximum atomic E-state index is 16.3. The first kappa shape index (κ1) is 32.9. The largest absolute Gasteiger partial charge is 0.310 e. The lowest BCUT2D eigenvalue weighted by atomic mass is 9.97. The summed E-state index contributed by atoms with van der Waals surface area (Å²) in [5, 5.41) is 4.60. The van der Waals surface area contributed by atoms with Crippen LogP contribution in [0.15, 0.2) is 206 Å². The fraction of sp³-hybridized carbons (Fsp3) is 0. The topological polar surface area (TPSA) is 33.4 Å². The Morgan fingerprint density at radius 2 is 0.583 bits per heavy atom. The molecule has 0 saturated carbocycles. The lowest BCUT2D eigenvalue weighted by Gasteiger charge is -2.28. The lowest BCUT2D eigenvalue weighted by Crippen LogP contribution is -2.14. The molecule has 0 saturated heterocycles. The summed E-state index contributed by atoms with van der Waals surface area (Å²) in [6, 6.07) is 72.7. The van der Waals surface area contributed by atoms with Crippen LogP contribution >= 0.6 is 0 Å². The van der Waals surface area contributed by atoms with Crippen LogP contribution in [0.3, 0.4) is 0 Å². The Balaban J connectivity index is 1.24. The molecule has 0 atom stereocenters. The first-order valence-electron chi connectivity index (χ1n) is 20.4. The van der Waals surface area contributed by atoms with Gasteiger partial charge in [-0.1, -0.05) is 115 Å². The number of benzene rings is 9. The van der Waals surface area contributed by atoms with E-state index in [2.05, 4.69) is 225 Å². The summed E-state index contributed by atoms with van der Waals surface area (Å²) < 4.78 is 4.61. The van der Waals surface area contributed by atoms with Gasteiger partial charge in [0, 0.05) is 55.4 Å². The molecule has 3 heterocycles. The highest BCUT2D eigenvalue weighted by molar-refractivity contribution is 6.30. The van der Waals surface area contributed by atoms with Crippen molar-refractivity contribution < 1.29 is 4.79 Å². The second-order valence-corrected chi connectivity index (χ2v) is 15.6. The summed E-state index contributed by atoms with van der Waals surface area (Å²) in [7, 11) is 0. The maximum Gasteiger partial charge on any atom is 0.198 e. The molecule has 2 aliphatic rings. The molecule has 5 heteroatoms. The molecule has 0 radical (unpaired) electrons. The van der Waals surface area contributed by atoms with E-state index in [0.29, 0.717) is 11.1 Å². The zero-order chi connectivity index (χ0) is 39.5. The van der Waals surface area contributed by atoms with Gasteiger partial charge in [-0.25, -0.2) is 0 Å². The molecule has 13 rings (SSSR count). The van der Waals surface area contributed by atoms with Gasteiger partial charge in [0.15, 0.2) is 5.78 Å². The van der Waals surface area contributed by atoms with E-state index in [1.807, 2.05) is 0 Å². The summed E-state index contributed by atoms with van der Waals surface area (Å²) in [6.07, 6.45) is 0. The predicted octanol–water partition coefficient (Wildman–Crippen LogP) is 14.3. The zero-order valence-corrected chi connectivity index (χ0v) is 32.3. The second-order valence-electron chi connectivity index (χ2n) is 15.6. The molecule has 2 bridgehead atoms. The van der Waals surface area contributed by atoms with E-state index in [0.717, 1.165) is 100 Å². The Morgan fingerprint density at radius 3 is 0.967 bits per heavy atom. The van der Waals surface area contributed by atoms with Crippen LogP contribution in [0.1, 0.15) is 15.9 Å². The van der Waals surface area contributed by atoms with Crippen LogP contribution in [-0.2, 0) is 0 Å². The highest BCUT2D eigenvalue weighted by Crippen LogP contribution is 2.57. The number of aromatic nitrogens is 2. The number of anilines is 6. The number of carbonyl (C=O) groups excluding carboxylic acids is 1. The van der Waals surface area contributed by atoms with Crippen LogP contribution in [0, 0.1) is 0 Å². The van der Waals surface area contributed by atoms with Crippen LogP contribution < -0.4 is 9.80 Å². The average Bonchev–Trinajstić information content (AvgIpc) is 3.94. The second kappa shape index (κ2) is 12.4. The van der Waals surface area contributed by atoms with E-state index >= 15 is 4.79 Å². The minimum absolute atomic E-state index is 0.00248. The van der Waals surface area contributed by atoms with Gasteiger partial charge < -0.3 is 18.9 Å². The van der Waals surface area contributed by atoms with Crippen LogP contribution in [0.25, 0.3) is 66.1 Å². The van der Waals surface area contributed by atoms with E-state index < -0.39 is 0 Å². The molecular weight excluding hydrogens is 733 g/mol. The minimum Gasteiger partial charge on any atom is -0.310 e. The quantitative estimate of drug-likeness (QED) is 0.179. The molecule has 0 N–H and O–H groups in total. The number of para-hydroxylation sites is 6. The molecule has 280 valence electrons. The Bertz CT molecular complexity index is 3240. The van der Waals surface area contributed by atoms with Gasteiger partial charge in [0.2, 0.25) is 0 Å². The van der Waals surface area contributed by atoms with E-state index in [9.17, 15) is 0 Å². The normalized spacial score (nSPS) is 13.0. The smallest absolute Gasteiger partial charge is 0.198 e. The predicted molar refractivity (Wildman–Crippen MR) is 247 cm³/mol. The molecule has 60 heavy (non-hydrogen) atoms. The number of rotatable bonds is 4. The van der Waals surface area contributed by atoms with Crippen LogP contribution in [0.2, 0.25) is 0 Å². The number of hydrogen-bond donors (Lipinski definition) is 0. The van der Waals surface area contributed by atoms with Gasteiger partial charge >= 0.3 is 0 Å². The highest BCUT2D eigenvalue weighted by Gasteiger charge is 2.41. The third-order valence-corrected chi connectivity index (χ3v) is 12.5. The molecule has 2 aromatic heterocycles. The SMILES string of the molecule is O=C1c2c(-n3c4ccccc4c4ccccc43)ccc3c2-c2c(ccc(-n4c5ccccc5c5ccccc54)c21)N(c1ccccc1)c1cccc(c1)N3c1ccccc1. The fourth-order valence-electron chi connectivity index (χ4n) is 10.1. The summed E-state index contributed by atoms with van der Waals surface area (Å²) in [4.78, 5) is 21.0. The van der Waals surface area contributed by atoms with E-state index in [-0.39, 0.29) is 5.78 Å². The third kappa shape index (κ3) is 4.43. The van der Waals surface area contributed by atoms with Crippen molar-refractivity contribution in [3.8, 4) is 22.5 Å². The van der Waals surface area contributed by atoms with Crippen molar-refractivity contribution in [3.05, 3.63) is 217 Å². The molecule has 1 aliphatic heterocycles. The Hall–Kier alpha value is -8.15. The molecule has 11 aromatic rings. The van der Waals surface area contributed by atoms with Gasteiger partial charge in [-0.2, -0.15) is 0 Å². The number of fused-ring (bicyclic) bond motifs is 8. The van der Waals surface area contributed by atoms with Gasteiger partial charge in [0.05, 0.1) is 55.9 Å². The van der Waals surface area contributed by atoms with Crippen LogP contribution in [-0.4, -0.2) is 14.9 Å². The molecule has 5 nitrogen and oxygen atoms in total. The summed E-state index contributed by atoms with van der Waals surface area (Å²) in [6.45, 7) is 0. The molecule has 0 amide bonds. The first-order chi connectivity index (χ1) is 29.7. The van der Waals surface area contributed by atoms with Gasteiger partial charge in [0.1, 0.15) is 0 Å². The number of hydrogen-bond acceptors (Lipinski definition) is 3. The lowest BCUT2D eigenvalue weighted by molar-refractivity contribution is 0.104. The van der Waals surface area contributed by atoms with Crippen molar-refractivity contribution in [2.75, 3.05) is 9.80 Å². The molecular formula is C55H34N4O. The Labute approximate surface area is 345 Å². The molecule has 0 unspecified atom stereocenters. The van der Waals surface area contributed by atoms with E-state index in [1.165, 1.54) is 0 Å². The van der Waals surface area contributed by atoms with Crippen molar-refractivity contribution in [2.24, 2.45) is 0 Å². The number of nitrogens with zero attached hydrogens (tertiary/aromatic N) is 4. The van der Waals surface area contributed by atoms with Crippen molar-refractivity contribution >= 4 is 83.5 Å².